The van der Waals surface area contributed by atoms with Crippen molar-refractivity contribution >= 4 is 46.6 Å². The molecule has 1 N–H and O–H groups in total. The highest BCUT2D eigenvalue weighted by atomic mass is 35.5. The Morgan fingerprint density at radius 2 is 2.00 bits per heavy atom. The van der Waals surface area contributed by atoms with E-state index in [0.717, 1.165) is 16.9 Å². The molecule has 3 rings (SSSR count). The fraction of sp³-hybridized carbons (Fsp3) is 0.286. The molecule has 0 bridgehead atoms. The molecule has 9 heteroatoms. The summed E-state index contributed by atoms with van der Waals surface area (Å²) < 4.78 is 7.86. The summed E-state index contributed by atoms with van der Waals surface area (Å²) in [4.78, 5) is 12.3. The maximum Gasteiger partial charge on any atom is 0.234 e. The number of rotatable bonds is 7. The van der Waals surface area contributed by atoms with Crippen LogP contribution in [0, 0.1) is 13.8 Å². The van der Waals surface area contributed by atoms with E-state index in [1.165, 1.54) is 11.8 Å². The van der Waals surface area contributed by atoms with Crippen LogP contribution < -0.4 is 10.1 Å². The van der Waals surface area contributed by atoms with Crippen molar-refractivity contribution in [2.45, 2.75) is 32.0 Å². The van der Waals surface area contributed by atoms with Gasteiger partial charge in [0.25, 0.3) is 0 Å². The van der Waals surface area contributed by atoms with E-state index in [0.29, 0.717) is 26.7 Å². The van der Waals surface area contributed by atoms with Gasteiger partial charge in [0.15, 0.2) is 17.1 Å². The molecule has 1 aromatic heterocycles. The summed E-state index contributed by atoms with van der Waals surface area (Å²) in [5.41, 5.74) is 2.48. The average molecular weight is 465 g/mol. The lowest BCUT2D eigenvalue weighted by atomic mass is 10.2. The number of halogens is 2. The Balaban J connectivity index is 1.62. The van der Waals surface area contributed by atoms with Crippen LogP contribution in [0.5, 0.6) is 5.75 Å². The summed E-state index contributed by atoms with van der Waals surface area (Å²) >= 11 is 13.4. The van der Waals surface area contributed by atoms with Crippen molar-refractivity contribution in [3.8, 4) is 5.75 Å². The number of hydrogen-bond acceptors (Lipinski definition) is 5. The number of hydrogen-bond donors (Lipinski definition) is 1. The van der Waals surface area contributed by atoms with Gasteiger partial charge in [0.05, 0.1) is 5.75 Å². The zero-order valence-corrected chi connectivity index (χ0v) is 19.4. The summed E-state index contributed by atoms with van der Waals surface area (Å²) in [6.07, 6.45) is -0.320. The minimum absolute atomic E-state index is 0.143. The Hall–Kier alpha value is -2.22. The van der Waals surface area contributed by atoms with Gasteiger partial charge < -0.3 is 14.6 Å². The Kier molecular flexibility index (Phi) is 7.28. The number of carbonyl (C=O) groups is 1. The number of amides is 1. The first-order chi connectivity index (χ1) is 14.3. The molecule has 1 amide bonds. The van der Waals surface area contributed by atoms with Crippen LogP contribution in [0.2, 0.25) is 10.0 Å². The van der Waals surface area contributed by atoms with Gasteiger partial charge in [-0.25, -0.2) is 0 Å². The van der Waals surface area contributed by atoms with Crippen molar-refractivity contribution in [2.75, 3.05) is 11.1 Å². The van der Waals surface area contributed by atoms with E-state index in [4.69, 9.17) is 27.9 Å². The van der Waals surface area contributed by atoms with Crippen molar-refractivity contribution in [1.29, 1.82) is 0 Å². The SMILES string of the molecule is Cc1cc(Cl)ccc1OC(C)c1nnc(SCC(=O)Nc2cccc(Cl)c2C)n1C. The molecule has 1 unspecified atom stereocenters. The molecule has 3 aromatic rings. The number of aryl methyl sites for hydroxylation is 1. The lowest BCUT2D eigenvalue weighted by molar-refractivity contribution is -0.113. The molecular weight excluding hydrogens is 443 g/mol. The first kappa shape index (κ1) is 22.5. The van der Waals surface area contributed by atoms with Gasteiger partial charge in [-0.1, -0.05) is 41.0 Å². The lowest BCUT2D eigenvalue weighted by Gasteiger charge is -2.16. The van der Waals surface area contributed by atoms with Crippen molar-refractivity contribution in [3.05, 3.63) is 63.4 Å². The molecule has 1 atom stereocenters. The minimum atomic E-state index is -0.320. The summed E-state index contributed by atoms with van der Waals surface area (Å²) in [5, 5.41) is 13.2. The zero-order chi connectivity index (χ0) is 21.8. The lowest BCUT2D eigenvalue weighted by Crippen LogP contribution is -2.15. The molecule has 30 heavy (non-hydrogen) atoms. The Morgan fingerprint density at radius 3 is 2.73 bits per heavy atom. The van der Waals surface area contributed by atoms with Gasteiger partial charge in [-0.05, 0) is 62.2 Å². The molecule has 2 aromatic carbocycles. The van der Waals surface area contributed by atoms with Crippen LogP contribution >= 0.6 is 35.0 Å². The smallest absolute Gasteiger partial charge is 0.234 e. The first-order valence-corrected chi connectivity index (χ1v) is 11.0. The Morgan fingerprint density at radius 1 is 1.23 bits per heavy atom. The van der Waals surface area contributed by atoms with E-state index >= 15 is 0 Å². The monoisotopic (exact) mass is 464 g/mol. The van der Waals surface area contributed by atoms with Gasteiger partial charge >= 0.3 is 0 Å². The van der Waals surface area contributed by atoms with Crippen molar-refractivity contribution in [3.63, 3.8) is 0 Å². The number of ether oxygens (including phenoxy) is 1. The number of carbonyl (C=O) groups excluding carboxylic acids is 1. The van der Waals surface area contributed by atoms with Crippen LogP contribution in [0.4, 0.5) is 5.69 Å². The summed E-state index contributed by atoms with van der Waals surface area (Å²) in [6, 6.07) is 10.9. The van der Waals surface area contributed by atoms with E-state index in [-0.39, 0.29) is 17.8 Å². The van der Waals surface area contributed by atoms with Gasteiger partial charge in [0.2, 0.25) is 5.91 Å². The van der Waals surface area contributed by atoms with Gasteiger partial charge in [-0.2, -0.15) is 0 Å². The normalized spacial score (nSPS) is 11.9. The van der Waals surface area contributed by atoms with Crippen molar-refractivity contribution in [1.82, 2.24) is 14.8 Å². The molecule has 0 saturated heterocycles. The van der Waals surface area contributed by atoms with Crippen LogP contribution in [0.1, 0.15) is 30.0 Å². The van der Waals surface area contributed by atoms with Crippen LogP contribution in [0.25, 0.3) is 0 Å². The largest absolute Gasteiger partial charge is 0.482 e. The third-order valence-corrected chi connectivity index (χ3v) is 6.21. The second kappa shape index (κ2) is 9.73. The summed E-state index contributed by atoms with van der Waals surface area (Å²) in [7, 11) is 1.85. The van der Waals surface area contributed by atoms with E-state index < -0.39 is 0 Å². The fourth-order valence-corrected chi connectivity index (χ4v) is 3.97. The number of benzene rings is 2. The standard InChI is InChI=1S/C21H22Cl2N4O2S/c1-12-10-15(22)8-9-18(12)29-14(3)20-25-26-21(27(20)4)30-11-19(28)24-17-7-5-6-16(23)13(17)2/h5-10,14H,11H2,1-4H3,(H,24,28). The molecule has 6 nitrogen and oxygen atoms in total. The molecule has 0 aliphatic heterocycles. The summed E-state index contributed by atoms with van der Waals surface area (Å²) in [6.45, 7) is 5.71. The molecule has 0 fully saturated rings. The quantitative estimate of drug-likeness (QED) is 0.460. The number of thioether (sulfide) groups is 1. The van der Waals surface area contributed by atoms with Crippen LogP contribution in [0.3, 0.4) is 0 Å². The molecule has 0 spiro atoms. The zero-order valence-electron chi connectivity index (χ0n) is 17.1. The van der Waals surface area contributed by atoms with E-state index in [2.05, 4.69) is 15.5 Å². The van der Waals surface area contributed by atoms with Crippen LogP contribution in [-0.2, 0) is 11.8 Å². The van der Waals surface area contributed by atoms with E-state index in [1.807, 2.05) is 50.6 Å². The fourth-order valence-electron chi connectivity index (χ4n) is 2.85. The van der Waals surface area contributed by atoms with E-state index in [9.17, 15) is 4.79 Å². The topological polar surface area (TPSA) is 69.0 Å². The number of nitrogens with zero attached hydrogens (tertiary/aromatic N) is 3. The minimum Gasteiger partial charge on any atom is -0.482 e. The van der Waals surface area contributed by atoms with Gasteiger partial charge in [-0.3, -0.25) is 4.79 Å². The second-order valence-corrected chi connectivity index (χ2v) is 8.61. The van der Waals surface area contributed by atoms with Gasteiger partial charge in [0, 0.05) is 22.8 Å². The third-order valence-electron chi connectivity index (χ3n) is 4.55. The highest BCUT2D eigenvalue weighted by Crippen LogP contribution is 2.28. The Labute approximate surface area is 189 Å². The van der Waals surface area contributed by atoms with Gasteiger partial charge in [0.1, 0.15) is 5.75 Å². The number of aromatic nitrogens is 3. The molecule has 1 heterocycles. The highest BCUT2D eigenvalue weighted by Gasteiger charge is 2.19. The maximum atomic E-state index is 12.3. The molecule has 0 radical (unpaired) electrons. The second-order valence-electron chi connectivity index (χ2n) is 6.82. The third kappa shape index (κ3) is 5.28. The van der Waals surface area contributed by atoms with Crippen molar-refractivity contribution in [2.24, 2.45) is 7.05 Å². The predicted octanol–water partition coefficient (Wildman–Crippen LogP) is 5.61. The molecule has 0 aliphatic rings. The number of anilines is 1. The summed E-state index contributed by atoms with van der Waals surface area (Å²) in [5.74, 6) is 1.46. The van der Waals surface area contributed by atoms with E-state index in [1.54, 1.807) is 18.2 Å². The molecular formula is C21H22Cl2N4O2S. The van der Waals surface area contributed by atoms with Crippen molar-refractivity contribution < 1.29 is 9.53 Å². The number of nitrogens with one attached hydrogen (secondary N) is 1. The molecule has 0 saturated carbocycles. The van der Waals surface area contributed by atoms with Crippen LogP contribution in [0.15, 0.2) is 41.6 Å². The Bertz CT molecular complexity index is 1070. The van der Waals surface area contributed by atoms with Crippen LogP contribution in [-0.4, -0.2) is 26.4 Å². The average Bonchev–Trinajstić information content (AvgIpc) is 3.06. The highest BCUT2D eigenvalue weighted by molar-refractivity contribution is 7.99. The predicted molar refractivity (Wildman–Crippen MR) is 122 cm³/mol. The van der Waals surface area contributed by atoms with Gasteiger partial charge in [-0.15, -0.1) is 10.2 Å². The maximum absolute atomic E-state index is 12.3. The first-order valence-electron chi connectivity index (χ1n) is 9.26. The molecule has 0 aliphatic carbocycles. The molecule has 158 valence electrons.